The Hall–Kier alpha value is -5.05. The van der Waals surface area contributed by atoms with Crippen molar-refractivity contribution >= 4 is 47.6 Å². The number of nitrogens with one attached hydrogen (secondary N) is 4. The lowest BCUT2D eigenvalue weighted by molar-refractivity contribution is -0.143. The number of ether oxygens (including phenoxy) is 1. The zero-order valence-electron chi connectivity index (χ0n) is 36.1. The van der Waals surface area contributed by atoms with Gasteiger partial charge in [-0.15, -0.1) is 0 Å². The van der Waals surface area contributed by atoms with Crippen LogP contribution in [0, 0.1) is 50.4 Å². The highest BCUT2D eigenvalue weighted by Gasteiger charge is 2.48. The zero-order chi connectivity index (χ0) is 42.0. The van der Waals surface area contributed by atoms with Crippen LogP contribution in [0.4, 0.5) is 0 Å². The Kier molecular flexibility index (Phi) is 13.1. The summed E-state index contributed by atoms with van der Waals surface area (Å²) in [7, 11) is 0. The molecule has 9 heteroatoms. The van der Waals surface area contributed by atoms with Gasteiger partial charge < -0.3 is 30.1 Å². The summed E-state index contributed by atoms with van der Waals surface area (Å²) in [6.07, 6.45) is 18.7. The second-order valence-corrected chi connectivity index (χ2v) is 17.5. The summed E-state index contributed by atoms with van der Waals surface area (Å²) in [4.78, 5) is 51.2. The van der Waals surface area contributed by atoms with Crippen molar-refractivity contribution in [3.05, 3.63) is 96.5 Å². The first kappa shape index (κ1) is 42.6. The molecular weight excluding hydrogens is 725 g/mol. The van der Waals surface area contributed by atoms with Crippen LogP contribution in [0.3, 0.4) is 0 Å². The van der Waals surface area contributed by atoms with Crippen molar-refractivity contribution in [1.29, 1.82) is 0 Å². The van der Waals surface area contributed by atoms with Gasteiger partial charge in [0.25, 0.3) is 0 Å². The molecule has 9 nitrogen and oxygen atoms in total. The van der Waals surface area contributed by atoms with Gasteiger partial charge in [0.05, 0.1) is 5.69 Å². The van der Waals surface area contributed by atoms with Crippen LogP contribution in [0.25, 0.3) is 29.9 Å². The molecule has 3 aromatic heterocycles. The summed E-state index contributed by atoms with van der Waals surface area (Å²) in [5.41, 5.74) is 11.8. The van der Waals surface area contributed by atoms with Crippen LogP contribution < -0.4 is 16.0 Å². The molecule has 0 amide bonds. The van der Waals surface area contributed by atoms with E-state index in [-0.39, 0.29) is 30.8 Å². The molecule has 6 rings (SSSR count). The molecule has 3 aliphatic rings. The third-order valence-corrected chi connectivity index (χ3v) is 13.0. The average Bonchev–Trinajstić information content (AvgIpc) is 3.91. The molecule has 0 saturated carbocycles. The van der Waals surface area contributed by atoms with Gasteiger partial charge in [0.15, 0.2) is 5.78 Å². The maximum Gasteiger partial charge on any atom is 0.319 e. The zero-order valence-corrected chi connectivity index (χ0v) is 36.1. The minimum atomic E-state index is -1.38. The van der Waals surface area contributed by atoms with Crippen molar-refractivity contribution in [3.63, 3.8) is 0 Å². The molecular formula is C49H64N4O5. The SMILES string of the molecule is C=Cc1c2[nH]c(c1C)/C=C1\N/C(=C3\c4[nH]c(c(C)c4C(=O)[C@@H]3C(=O)O)/C=c3\[nH]/c(c(C)c3CC)=C\2)[C@@H](CCC(=O)OC/C=C(\C)CCC[C@H](C)CCCC(C)C)[C@@H]1C. The summed E-state index contributed by atoms with van der Waals surface area (Å²) >= 11 is 0. The number of hydrogen-bond donors (Lipinski definition) is 5. The summed E-state index contributed by atoms with van der Waals surface area (Å²) < 4.78 is 5.73. The second-order valence-electron chi connectivity index (χ2n) is 17.5. The van der Waals surface area contributed by atoms with E-state index in [9.17, 15) is 19.5 Å². The Bertz CT molecular complexity index is 2320. The van der Waals surface area contributed by atoms with Crippen LogP contribution in [0.15, 0.2) is 29.6 Å². The maximum atomic E-state index is 14.1. The highest BCUT2D eigenvalue weighted by atomic mass is 16.5. The minimum Gasteiger partial charge on any atom is -0.480 e. The summed E-state index contributed by atoms with van der Waals surface area (Å²) in [6.45, 7) is 23.6. The number of carbonyl (C=O) groups excluding carboxylic acids is 2. The predicted molar refractivity (Wildman–Crippen MR) is 234 cm³/mol. The van der Waals surface area contributed by atoms with Gasteiger partial charge in [0.2, 0.25) is 0 Å². The van der Waals surface area contributed by atoms with Gasteiger partial charge in [0, 0.05) is 74.1 Å². The molecule has 5 N–H and O–H groups in total. The van der Waals surface area contributed by atoms with Gasteiger partial charge in [-0.05, 0) is 112 Å². The molecule has 8 bridgehead atoms. The third-order valence-electron chi connectivity index (χ3n) is 13.0. The Morgan fingerprint density at radius 3 is 2.31 bits per heavy atom. The lowest BCUT2D eigenvalue weighted by Crippen LogP contribution is -2.24. The van der Waals surface area contributed by atoms with Gasteiger partial charge in [-0.2, -0.15) is 0 Å². The van der Waals surface area contributed by atoms with Gasteiger partial charge in [0.1, 0.15) is 12.5 Å². The van der Waals surface area contributed by atoms with Gasteiger partial charge in [-0.3, -0.25) is 14.4 Å². The Labute approximate surface area is 343 Å². The highest BCUT2D eigenvalue weighted by molar-refractivity contribution is 6.24. The average molecular weight is 789 g/mol. The van der Waals surface area contributed by atoms with Crippen molar-refractivity contribution in [2.75, 3.05) is 6.61 Å². The number of ketones is 1. The standard InChI is InChI=1S/C49H64N4O5/c1-11-33-29(7)36-23-38-31(9)35(19-20-42(54)58-22-21-28(6)18-14-17-27(5)16-13-15-26(3)4)46(52-38)44-45(49(56)57)48(55)43-32(10)39(53-47(43)44)25-41-34(12-2)30(8)37(51-41)24-40(33)50-36/h11,21,23-27,31,35,45,50-53H,1,12-20,22H2,2-10H3,(H,56,57)/b28-21+,37-24-,38-23-,41-25-,46-44-/t27-,31+,35+,45-/m1/s1. The Morgan fingerprint density at radius 2 is 1.62 bits per heavy atom. The number of allylic oxidation sites excluding steroid dienone is 3. The van der Waals surface area contributed by atoms with Crippen LogP contribution in [-0.2, 0) is 20.7 Å². The molecule has 0 unspecified atom stereocenters. The molecule has 1 fully saturated rings. The number of esters is 1. The summed E-state index contributed by atoms with van der Waals surface area (Å²) in [5.74, 6) is -2.23. The first-order chi connectivity index (χ1) is 27.6. The minimum absolute atomic E-state index is 0.126. The lowest BCUT2D eigenvalue weighted by atomic mass is 9.85. The van der Waals surface area contributed by atoms with E-state index in [4.69, 9.17) is 4.74 Å². The summed E-state index contributed by atoms with van der Waals surface area (Å²) in [5, 5.41) is 16.1. The number of carbonyl (C=O) groups is 3. The molecule has 4 atom stereocenters. The fourth-order valence-electron chi connectivity index (χ4n) is 9.36. The molecule has 1 saturated heterocycles. The van der Waals surface area contributed by atoms with Crippen molar-refractivity contribution in [2.24, 2.45) is 29.6 Å². The number of aromatic nitrogens is 3. The molecule has 5 heterocycles. The van der Waals surface area contributed by atoms with Crippen molar-refractivity contribution in [3.8, 4) is 0 Å². The van der Waals surface area contributed by atoms with Gasteiger partial charge in [-0.25, -0.2) is 0 Å². The number of aliphatic carboxylic acids is 1. The first-order valence-electron chi connectivity index (χ1n) is 21.4. The van der Waals surface area contributed by atoms with Crippen molar-refractivity contribution in [1.82, 2.24) is 20.3 Å². The van der Waals surface area contributed by atoms with E-state index < -0.39 is 17.7 Å². The molecule has 0 radical (unpaired) electrons. The monoisotopic (exact) mass is 788 g/mol. The number of rotatable bonds is 16. The fourth-order valence-corrected chi connectivity index (χ4v) is 9.36. The highest BCUT2D eigenvalue weighted by Crippen LogP contribution is 2.48. The van der Waals surface area contributed by atoms with E-state index in [2.05, 4.69) is 94.4 Å². The van der Waals surface area contributed by atoms with E-state index in [0.29, 0.717) is 34.5 Å². The number of carboxylic acid groups (broad SMARTS) is 1. The maximum absolute atomic E-state index is 14.1. The third kappa shape index (κ3) is 8.55. The van der Waals surface area contributed by atoms with E-state index in [1.54, 1.807) is 0 Å². The number of carboxylic acids is 1. The normalized spacial score (nSPS) is 22.5. The fraction of sp³-hybridized carbons (Fsp3) is 0.490. The number of H-pyrrole nitrogens is 3. The largest absolute Gasteiger partial charge is 0.480 e. The van der Waals surface area contributed by atoms with Crippen molar-refractivity contribution in [2.45, 2.75) is 120 Å². The Balaban J connectivity index is 1.32. The van der Waals surface area contributed by atoms with Crippen LogP contribution in [-0.4, -0.2) is 44.4 Å². The van der Waals surface area contributed by atoms with E-state index in [1.807, 2.05) is 25.2 Å². The smallest absolute Gasteiger partial charge is 0.319 e. The quantitative estimate of drug-likeness (QED) is 0.0557. The van der Waals surface area contributed by atoms with Gasteiger partial charge >= 0.3 is 11.9 Å². The number of fused-ring (bicyclic) bond motifs is 7. The van der Waals surface area contributed by atoms with E-state index in [1.165, 1.54) is 31.3 Å². The number of hydrogen-bond acceptors (Lipinski definition) is 5. The number of Topliss-reactive ketones (excluding diaryl/α,β-unsaturated/α-hetero) is 1. The first-order valence-corrected chi connectivity index (χ1v) is 21.4. The van der Waals surface area contributed by atoms with E-state index in [0.717, 1.165) is 86.8 Å². The molecule has 3 aromatic rings. The van der Waals surface area contributed by atoms with Crippen LogP contribution in [0.1, 0.15) is 154 Å². The molecule has 0 spiro atoms. The lowest BCUT2D eigenvalue weighted by Gasteiger charge is -2.19. The van der Waals surface area contributed by atoms with Crippen molar-refractivity contribution < 1.29 is 24.2 Å². The predicted octanol–water partition coefficient (Wildman–Crippen LogP) is 9.18. The second kappa shape index (κ2) is 17.8. The molecule has 58 heavy (non-hydrogen) atoms. The topological polar surface area (TPSA) is 140 Å². The molecule has 0 aromatic carbocycles. The molecule has 310 valence electrons. The summed E-state index contributed by atoms with van der Waals surface area (Å²) in [6, 6.07) is 0. The van der Waals surface area contributed by atoms with Crippen LogP contribution in [0.2, 0.25) is 0 Å². The van der Waals surface area contributed by atoms with E-state index >= 15 is 0 Å². The van der Waals surface area contributed by atoms with Gasteiger partial charge in [-0.1, -0.05) is 78.5 Å². The molecule has 2 aliphatic heterocycles. The van der Waals surface area contributed by atoms with Crippen LogP contribution in [0.5, 0.6) is 0 Å². The number of aromatic amines is 3. The van der Waals surface area contributed by atoms with Crippen LogP contribution >= 0.6 is 0 Å². The Morgan fingerprint density at radius 1 is 0.914 bits per heavy atom. The molecule has 1 aliphatic carbocycles.